The Bertz CT molecular complexity index is 1820. The molecular weight excluding hydrogens is 376 g/mol. The van der Waals surface area contributed by atoms with Gasteiger partial charge in [-0.05, 0) is 73.1 Å². The molecule has 0 bridgehead atoms. The highest BCUT2D eigenvalue weighted by Crippen LogP contribution is 2.49. The lowest BCUT2D eigenvalue weighted by molar-refractivity contribution is 0.104. The largest absolute Gasteiger partial charge is 0.289 e. The Morgan fingerprint density at radius 2 is 1.32 bits per heavy atom. The fraction of sp³-hybridized carbons (Fsp3) is 0.0333. The molecule has 0 heterocycles. The van der Waals surface area contributed by atoms with Crippen molar-refractivity contribution in [2.24, 2.45) is 0 Å². The third-order valence-electron chi connectivity index (χ3n) is 7.33. The molecule has 0 saturated heterocycles. The quantitative estimate of drug-likeness (QED) is 0.194. The fourth-order valence-corrected chi connectivity index (χ4v) is 6.07. The molecule has 1 heteroatoms. The van der Waals surface area contributed by atoms with Crippen LogP contribution in [-0.4, -0.2) is 5.78 Å². The molecule has 0 saturated carbocycles. The van der Waals surface area contributed by atoms with E-state index in [1.807, 2.05) is 12.1 Å². The monoisotopic (exact) mass is 392 g/mol. The summed E-state index contributed by atoms with van der Waals surface area (Å²) in [5, 5.41) is 9.33. The Morgan fingerprint density at radius 3 is 2.26 bits per heavy atom. The van der Waals surface area contributed by atoms with Crippen molar-refractivity contribution in [2.45, 2.75) is 6.42 Å². The van der Waals surface area contributed by atoms with Crippen LogP contribution in [0.1, 0.15) is 27.0 Å². The molecule has 142 valence electrons. The minimum absolute atomic E-state index is 0.157. The zero-order valence-corrected chi connectivity index (χ0v) is 16.7. The zero-order chi connectivity index (χ0) is 20.3. The zero-order valence-electron chi connectivity index (χ0n) is 16.7. The summed E-state index contributed by atoms with van der Waals surface area (Å²) in [6, 6.07) is 30.2. The minimum atomic E-state index is 0.157. The molecule has 0 atom stereocenters. The number of ketones is 1. The average Bonchev–Trinajstić information content (AvgIpc) is 2.81. The summed E-state index contributed by atoms with van der Waals surface area (Å²) in [4.78, 5) is 13.9. The van der Waals surface area contributed by atoms with Crippen LogP contribution in [0, 0.1) is 0 Å². The smallest absolute Gasteiger partial charge is 0.194 e. The van der Waals surface area contributed by atoms with E-state index in [1.165, 1.54) is 38.4 Å². The summed E-state index contributed by atoms with van der Waals surface area (Å²) in [6.07, 6.45) is 0.917. The average molecular weight is 392 g/mol. The molecule has 1 nitrogen and oxygen atoms in total. The van der Waals surface area contributed by atoms with Crippen LogP contribution < -0.4 is 0 Å². The van der Waals surface area contributed by atoms with Crippen LogP contribution in [0.2, 0.25) is 0 Å². The highest BCUT2D eigenvalue weighted by atomic mass is 16.1. The summed E-state index contributed by atoms with van der Waals surface area (Å²) >= 11 is 0. The number of carbonyl (C=O) groups is 1. The molecule has 0 aromatic heterocycles. The van der Waals surface area contributed by atoms with E-state index in [1.54, 1.807) is 0 Å². The molecule has 0 radical (unpaired) electrons. The van der Waals surface area contributed by atoms with Gasteiger partial charge in [0.1, 0.15) is 0 Å². The van der Waals surface area contributed by atoms with Crippen molar-refractivity contribution in [3.63, 3.8) is 0 Å². The van der Waals surface area contributed by atoms with Gasteiger partial charge in [-0.3, -0.25) is 4.79 Å². The van der Waals surface area contributed by atoms with Gasteiger partial charge in [0.25, 0.3) is 0 Å². The van der Waals surface area contributed by atoms with E-state index in [9.17, 15) is 4.79 Å². The van der Waals surface area contributed by atoms with Gasteiger partial charge in [-0.25, -0.2) is 0 Å². The SMILES string of the molecule is O=C1c2c3ccccc3cc3ccc4cc5c6c(ccc1c6c4c23)Cc1ccccc1-5. The van der Waals surface area contributed by atoms with E-state index in [-0.39, 0.29) is 5.78 Å². The van der Waals surface area contributed by atoms with Gasteiger partial charge in [-0.1, -0.05) is 72.8 Å². The minimum Gasteiger partial charge on any atom is -0.289 e. The molecule has 0 unspecified atom stereocenters. The first kappa shape index (κ1) is 15.8. The predicted octanol–water partition coefficient (Wildman–Crippen LogP) is 7.42. The second-order valence-corrected chi connectivity index (χ2v) is 8.84. The number of fused-ring (bicyclic) bond motifs is 4. The van der Waals surface area contributed by atoms with Crippen LogP contribution in [0.25, 0.3) is 54.2 Å². The lowest BCUT2D eigenvalue weighted by atomic mass is 9.75. The van der Waals surface area contributed by atoms with Crippen molar-refractivity contribution < 1.29 is 4.79 Å². The normalized spacial score (nSPS) is 13.7. The Labute approximate surface area is 178 Å². The van der Waals surface area contributed by atoms with Crippen molar-refractivity contribution in [1.29, 1.82) is 0 Å². The van der Waals surface area contributed by atoms with E-state index in [2.05, 4.69) is 72.8 Å². The van der Waals surface area contributed by atoms with E-state index in [0.717, 1.165) is 44.5 Å². The molecule has 2 aliphatic carbocycles. The second-order valence-electron chi connectivity index (χ2n) is 8.84. The number of hydrogen-bond acceptors (Lipinski definition) is 1. The first-order valence-corrected chi connectivity index (χ1v) is 10.8. The molecular formula is C30H16O. The maximum atomic E-state index is 13.9. The van der Waals surface area contributed by atoms with Crippen molar-refractivity contribution in [1.82, 2.24) is 0 Å². The summed E-state index contributed by atoms with van der Waals surface area (Å²) in [6.45, 7) is 0. The van der Waals surface area contributed by atoms with Gasteiger partial charge in [0, 0.05) is 21.9 Å². The van der Waals surface area contributed by atoms with Gasteiger partial charge < -0.3 is 0 Å². The number of hydrogen-bond donors (Lipinski definition) is 0. The molecule has 6 aromatic rings. The van der Waals surface area contributed by atoms with Gasteiger partial charge in [-0.15, -0.1) is 0 Å². The molecule has 0 amide bonds. The van der Waals surface area contributed by atoms with Gasteiger partial charge >= 0.3 is 0 Å². The Kier molecular flexibility index (Phi) is 2.65. The summed E-state index contributed by atoms with van der Waals surface area (Å²) < 4.78 is 0. The van der Waals surface area contributed by atoms with Gasteiger partial charge in [0.2, 0.25) is 0 Å². The highest BCUT2D eigenvalue weighted by Gasteiger charge is 2.30. The van der Waals surface area contributed by atoms with E-state index in [0.29, 0.717) is 0 Å². The molecule has 6 aromatic carbocycles. The van der Waals surface area contributed by atoms with E-state index < -0.39 is 0 Å². The molecule has 31 heavy (non-hydrogen) atoms. The van der Waals surface area contributed by atoms with Crippen LogP contribution in [0.4, 0.5) is 0 Å². The fourth-order valence-electron chi connectivity index (χ4n) is 6.07. The van der Waals surface area contributed by atoms with Crippen molar-refractivity contribution in [3.05, 3.63) is 107 Å². The van der Waals surface area contributed by atoms with Crippen LogP contribution in [0.5, 0.6) is 0 Å². The topological polar surface area (TPSA) is 17.1 Å². The Balaban J connectivity index is 1.71. The summed E-state index contributed by atoms with van der Waals surface area (Å²) in [5.41, 5.74) is 6.96. The number of carbonyl (C=O) groups excluding carboxylic acids is 1. The number of rotatable bonds is 0. The van der Waals surface area contributed by atoms with Crippen molar-refractivity contribution in [2.75, 3.05) is 0 Å². The van der Waals surface area contributed by atoms with Crippen LogP contribution in [0.3, 0.4) is 0 Å². The summed E-state index contributed by atoms with van der Waals surface area (Å²) in [5.74, 6) is 0.157. The van der Waals surface area contributed by atoms with Gasteiger partial charge in [0.15, 0.2) is 5.78 Å². The molecule has 2 aliphatic rings. The van der Waals surface area contributed by atoms with Crippen LogP contribution in [0.15, 0.2) is 84.9 Å². The molecule has 0 spiro atoms. The Morgan fingerprint density at radius 1 is 0.516 bits per heavy atom. The highest BCUT2D eigenvalue weighted by molar-refractivity contribution is 6.41. The van der Waals surface area contributed by atoms with Crippen molar-refractivity contribution >= 4 is 48.9 Å². The van der Waals surface area contributed by atoms with E-state index >= 15 is 0 Å². The maximum absolute atomic E-state index is 13.9. The molecule has 0 aliphatic heterocycles. The maximum Gasteiger partial charge on any atom is 0.194 e. The molecule has 0 N–H and O–H groups in total. The van der Waals surface area contributed by atoms with E-state index in [4.69, 9.17) is 0 Å². The third-order valence-corrected chi connectivity index (χ3v) is 7.33. The first-order chi connectivity index (χ1) is 15.3. The molecule has 8 rings (SSSR count). The van der Waals surface area contributed by atoms with Gasteiger partial charge in [0.05, 0.1) is 0 Å². The van der Waals surface area contributed by atoms with Crippen LogP contribution in [-0.2, 0) is 6.42 Å². The third kappa shape index (κ3) is 1.77. The van der Waals surface area contributed by atoms with Crippen molar-refractivity contribution in [3.8, 4) is 11.1 Å². The van der Waals surface area contributed by atoms with Gasteiger partial charge in [-0.2, -0.15) is 0 Å². The van der Waals surface area contributed by atoms with Crippen LogP contribution >= 0.6 is 0 Å². The Hall–Kier alpha value is -3.97. The predicted molar refractivity (Wildman–Crippen MR) is 128 cm³/mol. The lowest BCUT2D eigenvalue weighted by Gasteiger charge is -2.27. The first-order valence-electron chi connectivity index (χ1n) is 10.8. The second kappa shape index (κ2) is 5.19. The number of benzene rings is 6. The molecule has 0 fully saturated rings. The lowest BCUT2D eigenvalue weighted by Crippen LogP contribution is -2.11. The summed E-state index contributed by atoms with van der Waals surface area (Å²) in [7, 11) is 0. The standard InChI is InChI=1S/C30H16O/c31-30-23-12-11-18-13-16-5-1-3-7-21(16)24-15-20-10-9-19-14-17-6-2-4-8-22(17)29(30)27(19)26(20)28(23)25(18)24/h1-12,14-15H,13H2.